The number of primary amides is 1. The summed E-state index contributed by atoms with van der Waals surface area (Å²) in [6.07, 6.45) is 0.916. The number of rotatable bonds is 6. The molecule has 0 radical (unpaired) electrons. The number of aryl methyl sites for hydroxylation is 1. The zero-order valence-electron chi connectivity index (χ0n) is 13.4. The Morgan fingerprint density at radius 2 is 2.04 bits per heavy atom. The van der Waals surface area contributed by atoms with Crippen molar-refractivity contribution in [3.05, 3.63) is 41.6 Å². The molecule has 1 heterocycles. The van der Waals surface area contributed by atoms with Gasteiger partial charge in [0.15, 0.2) is 5.96 Å². The zero-order valence-corrected chi connectivity index (χ0v) is 13.4. The van der Waals surface area contributed by atoms with Crippen LogP contribution >= 0.6 is 0 Å². The molecule has 0 bridgehead atoms. The Kier molecular flexibility index (Phi) is 5.15. The molecule has 9 nitrogen and oxygen atoms in total. The number of benzene rings is 1. The van der Waals surface area contributed by atoms with Gasteiger partial charge in [-0.3, -0.25) is 4.79 Å². The molecule has 1 aromatic carbocycles. The number of nitrogens with two attached hydrogens (primary N) is 3. The van der Waals surface area contributed by atoms with E-state index in [1.165, 1.54) is 6.20 Å². The summed E-state index contributed by atoms with van der Waals surface area (Å²) >= 11 is 0. The van der Waals surface area contributed by atoms with Crippen molar-refractivity contribution in [1.29, 1.82) is 0 Å². The first-order chi connectivity index (χ1) is 11.3. The van der Waals surface area contributed by atoms with E-state index in [2.05, 4.69) is 25.6 Å². The third-order valence-electron chi connectivity index (χ3n) is 3.02. The largest absolute Gasteiger partial charge is 0.370 e. The van der Waals surface area contributed by atoms with Crippen LogP contribution in [0.15, 0.2) is 35.5 Å². The van der Waals surface area contributed by atoms with Crippen molar-refractivity contribution < 1.29 is 4.79 Å². The fourth-order valence-electron chi connectivity index (χ4n) is 2.03. The zero-order chi connectivity index (χ0) is 17.7. The van der Waals surface area contributed by atoms with E-state index in [4.69, 9.17) is 17.2 Å². The van der Waals surface area contributed by atoms with Crippen molar-refractivity contribution >= 4 is 29.3 Å². The normalized spacial score (nSPS) is 11.4. The second kappa shape index (κ2) is 7.27. The van der Waals surface area contributed by atoms with Crippen LogP contribution in [0.5, 0.6) is 0 Å². The van der Waals surface area contributed by atoms with Gasteiger partial charge < -0.3 is 27.8 Å². The molecule has 126 valence electrons. The van der Waals surface area contributed by atoms with Gasteiger partial charge in [-0.05, 0) is 31.5 Å². The molecule has 2 aromatic rings. The standard InChI is InChI=1S/C15H20N8O/c1-8-4-3-5-10(6-8)22-13-11(12(16)24)7-19-15(23-13)21-9(2)20-14(17)18/h3-7,9H,1-2H3,(H2,16,24)(H4,17,18,20)(H2,19,21,22,23). The highest BCUT2D eigenvalue weighted by atomic mass is 16.1. The maximum absolute atomic E-state index is 11.6. The van der Waals surface area contributed by atoms with Gasteiger partial charge >= 0.3 is 0 Å². The summed E-state index contributed by atoms with van der Waals surface area (Å²) < 4.78 is 0. The molecule has 1 amide bonds. The van der Waals surface area contributed by atoms with Crippen LogP contribution in [0.1, 0.15) is 22.8 Å². The Bertz CT molecular complexity index is 770. The molecule has 9 heteroatoms. The minimum absolute atomic E-state index is 0.0538. The lowest BCUT2D eigenvalue weighted by Gasteiger charge is -2.13. The van der Waals surface area contributed by atoms with Crippen molar-refractivity contribution in [2.75, 3.05) is 10.6 Å². The van der Waals surface area contributed by atoms with E-state index < -0.39 is 12.1 Å². The number of nitrogens with one attached hydrogen (secondary N) is 2. The highest BCUT2D eigenvalue weighted by molar-refractivity contribution is 5.98. The van der Waals surface area contributed by atoms with E-state index in [1.807, 2.05) is 31.2 Å². The van der Waals surface area contributed by atoms with Gasteiger partial charge in [-0.15, -0.1) is 0 Å². The topological polar surface area (TPSA) is 157 Å². The number of aromatic nitrogens is 2. The predicted molar refractivity (Wildman–Crippen MR) is 93.9 cm³/mol. The average Bonchev–Trinajstić information content (AvgIpc) is 2.46. The van der Waals surface area contributed by atoms with Gasteiger partial charge in [-0.1, -0.05) is 12.1 Å². The number of carbonyl (C=O) groups is 1. The van der Waals surface area contributed by atoms with Crippen LogP contribution < -0.4 is 27.8 Å². The van der Waals surface area contributed by atoms with Gasteiger partial charge in [0.05, 0.1) is 0 Å². The molecule has 0 aliphatic rings. The molecule has 0 fully saturated rings. The number of anilines is 3. The Morgan fingerprint density at radius 1 is 1.29 bits per heavy atom. The van der Waals surface area contributed by atoms with Gasteiger partial charge in [0, 0.05) is 11.9 Å². The van der Waals surface area contributed by atoms with Gasteiger partial charge in [0.1, 0.15) is 17.5 Å². The van der Waals surface area contributed by atoms with Gasteiger partial charge in [-0.2, -0.15) is 4.98 Å². The van der Waals surface area contributed by atoms with Crippen LogP contribution in [0.2, 0.25) is 0 Å². The Morgan fingerprint density at radius 3 is 2.67 bits per heavy atom. The summed E-state index contributed by atoms with van der Waals surface area (Å²) in [5.74, 6) is -0.133. The summed E-state index contributed by atoms with van der Waals surface area (Å²) in [6, 6.07) is 7.63. The van der Waals surface area contributed by atoms with E-state index in [1.54, 1.807) is 6.92 Å². The van der Waals surface area contributed by atoms with Crippen molar-refractivity contribution in [3.8, 4) is 0 Å². The van der Waals surface area contributed by atoms with E-state index >= 15 is 0 Å². The summed E-state index contributed by atoms with van der Waals surface area (Å²) in [7, 11) is 0. The Balaban J connectivity index is 2.31. The third kappa shape index (κ3) is 4.57. The molecular weight excluding hydrogens is 308 g/mol. The van der Waals surface area contributed by atoms with Gasteiger partial charge in [0.25, 0.3) is 5.91 Å². The quantitative estimate of drug-likeness (QED) is 0.385. The lowest BCUT2D eigenvalue weighted by atomic mass is 10.2. The van der Waals surface area contributed by atoms with Crippen molar-refractivity contribution in [2.45, 2.75) is 20.0 Å². The molecule has 0 aliphatic carbocycles. The summed E-state index contributed by atoms with van der Waals surface area (Å²) in [6.45, 7) is 3.70. The molecule has 1 aromatic heterocycles. The Labute approximate surface area is 139 Å². The summed E-state index contributed by atoms with van der Waals surface area (Å²) in [5, 5.41) is 5.99. The maximum Gasteiger partial charge on any atom is 0.254 e. The SMILES string of the molecule is Cc1cccc(Nc2nc(NC(C)N=C(N)N)ncc2C(N)=O)c1. The minimum atomic E-state index is -0.631. The van der Waals surface area contributed by atoms with Crippen LogP contribution in [0.25, 0.3) is 0 Å². The van der Waals surface area contributed by atoms with Crippen LogP contribution in [0.3, 0.4) is 0 Å². The first-order valence-electron chi connectivity index (χ1n) is 7.21. The third-order valence-corrected chi connectivity index (χ3v) is 3.02. The number of guanidine groups is 1. The molecule has 2 rings (SSSR count). The molecule has 0 saturated heterocycles. The van der Waals surface area contributed by atoms with Crippen LogP contribution in [0, 0.1) is 6.92 Å². The van der Waals surface area contributed by atoms with E-state index in [9.17, 15) is 4.79 Å². The van der Waals surface area contributed by atoms with Crippen LogP contribution in [0.4, 0.5) is 17.5 Å². The molecule has 0 saturated carbocycles. The van der Waals surface area contributed by atoms with E-state index in [0.29, 0.717) is 5.82 Å². The van der Waals surface area contributed by atoms with Crippen molar-refractivity contribution in [1.82, 2.24) is 9.97 Å². The lowest BCUT2D eigenvalue weighted by molar-refractivity contribution is 0.100. The van der Waals surface area contributed by atoms with Crippen LogP contribution in [-0.4, -0.2) is 28.0 Å². The number of nitrogens with zero attached hydrogens (tertiary/aromatic N) is 3. The first-order valence-corrected chi connectivity index (χ1v) is 7.21. The van der Waals surface area contributed by atoms with E-state index in [-0.39, 0.29) is 17.5 Å². The second-order valence-electron chi connectivity index (χ2n) is 5.19. The van der Waals surface area contributed by atoms with Gasteiger partial charge in [-0.25, -0.2) is 9.98 Å². The molecule has 1 unspecified atom stereocenters. The summed E-state index contributed by atoms with van der Waals surface area (Å²) in [4.78, 5) is 23.8. The fraction of sp³-hybridized carbons (Fsp3) is 0.200. The highest BCUT2D eigenvalue weighted by Crippen LogP contribution is 2.20. The predicted octanol–water partition coefficient (Wildman–Crippen LogP) is 0.659. The fourth-order valence-corrected chi connectivity index (χ4v) is 2.03. The average molecular weight is 328 g/mol. The molecule has 0 aliphatic heterocycles. The molecular formula is C15H20N8O. The number of amides is 1. The molecule has 24 heavy (non-hydrogen) atoms. The molecule has 1 atom stereocenters. The minimum Gasteiger partial charge on any atom is -0.370 e. The number of hydrogen-bond acceptors (Lipinski definition) is 6. The second-order valence-corrected chi connectivity index (χ2v) is 5.19. The Hall–Kier alpha value is -3.36. The number of hydrogen-bond donors (Lipinski definition) is 5. The smallest absolute Gasteiger partial charge is 0.254 e. The van der Waals surface area contributed by atoms with E-state index in [0.717, 1.165) is 11.3 Å². The number of carbonyl (C=O) groups excluding carboxylic acids is 1. The lowest BCUT2D eigenvalue weighted by Crippen LogP contribution is -2.27. The van der Waals surface area contributed by atoms with Crippen LogP contribution in [-0.2, 0) is 0 Å². The maximum atomic E-state index is 11.6. The molecule has 0 spiro atoms. The molecule has 8 N–H and O–H groups in total. The first kappa shape index (κ1) is 17.0. The monoisotopic (exact) mass is 328 g/mol. The number of aliphatic imine (C=N–C) groups is 1. The highest BCUT2D eigenvalue weighted by Gasteiger charge is 2.13. The van der Waals surface area contributed by atoms with Crippen molar-refractivity contribution in [3.63, 3.8) is 0 Å². The van der Waals surface area contributed by atoms with Crippen molar-refractivity contribution in [2.24, 2.45) is 22.2 Å². The van der Waals surface area contributed by atoms with Gasteiger partial charge in [0.2, 0.25) is 5.95 Å². The summed E-state index contributed by atoms with van der Waals surface area (Å²) in [5.41, 5.74) is 18.1.